The van der Waals surface area contributed by atoms with Crippen molar-refractivity contribution in [1.29, 1.82) is 0 Å². The molecule has 0 radical (unpaired) electrons. The smallest absolute Gasteiger partial charge is 0.306 e. The van der Waals surface area contributed by atoms with Crippen LogP contribution in [-0.2, 0) is 4.79 Å². The van der Waals surface area contributed by atoms with E-state index >= 15 is 0 Å². The van der Waals surface area contributed by atoms with Crippen molar-refractivity contribution >= 4 is 17.7 Å². The van der Waals surface area contributed by atoms with E-state index in [9.17, 15) is 4.79 Å². The molecular weight excluding hydrogens is 172 g/mol. The van der Waals surface area contributed by atoms with Gasteiger partial charge < -0.3 is 5.11 Å². The minimum Gasteiger partial charge on any atom is -0.481 e. The number of rotatable bonds is 2. The van der Waals surface area contributed by atoms with Crippen molar-refractivity contribution in [2.45, 2.75) is 24.5 Å². The summed E-state index contributed by atoms with van der Waals surface area (Å²) in [6.07, 6.45) is 5.23. The summed E-state index contributed by atoms with van der Waals surface area (Å²) in [5.41, 5.74) is 0. The van der Waals surface area contributed by atoms with Crippen molar-refractivity contribution < 1.29 is 9.90 Å². The summed E-state index contributed by atoms with van der Waals surface area (Å²) in [6.45, 7) is 0. The Morgan fingerprint density at radius 1 is 1.42 bits per heavy atom. The molecular formula is C9H14O2S. The minimum absolute atomic E-state index is 0.0498. The molecule has 1 N–H and O–H groups in total. The monoisotopic (exact) mass is 186 g/mol. The maximum Gasteiger partial charge on any atom is 0.306 e. The van der Waals surface area contributed by atoms with Gasteiger partial charge in [-0.15, -0.1) is 0 Å². The number of carbonyl (C=O) groups is 1. The Balaban J connectivity index is 1.99. The van der Waals surface area contributed by atoms with E-state index in [1.54, 1.807) is 0 Å². The van der Waals surface area contributed by atoms with Gasteiger partial charge in [-0.05, 0) is 37.4 Å². The Kier molecular flexibility index (Phi) is 2.07. The molecule has 0 spiro atoms. The van der Waals surface area contributed by atoms with Crippen LogP contribution < -0.4 is 0 Å². The fraction of sp³-hybridized carbons (Fsp3) is 0.889. The van der Waals surface area contributed by atoms with Gasteiger partial charge in [-0.3, -0.25) is 4.79 Å². The molecule has 2 fully saturated rings. The zero-order chi connectivity index (χ0) is 8.72. The molecule has 0 bridgehead atoms. The Morgan fingerprint density at radius 2 is 2.17 bits per heavy atom. The Morgan fingerprint density at radius 3 is 2.75 bits per heavy atom. The van der Waals surface area contributed by atoms with E-state index in [-0.39, 0.29) is 5.92 Å². The van der Waals surface area contributed by atoms with E-state index in [1.807, 2.05) is 11.8 Å². The lowest BCUT2D eigenvalue weighted by molar-refractivity contribution is -0.142. The first-order chi connectivity index (χ1) is 5.72. The predicted octanol–water partition coefficient (Wildman–Crippen LogP) is 1.85. The van der Waals surface area contributed by atoms with Crippen LogP contribution in [0, 0.1) is 17.8 Å². The average Bonchev–Trinajstić information content (AvgIpc) is 2.80. The van der Waals surface area contributed by atoms with Crippen LogP contribution in [0.25, 0.3) is 0 Å². The fourth-order valence-corrected chi connectivity index (χ4v) is 3.49. The van der Waals surface area contributed by atoms with E-state index in [0.29, 0.717) is 5.25 Å². The molecule has 0 aromatic heterocycles. The molecule has 3 heteroatoms. The topological polar surface area (TPSA) is 37.3 Å². The van der Waals surface area contributed by atoms with E-state index in [2.05, 4.69) is 6.26 Å². The SMILES string of the molecule is CSC1CC(C(=O)O)CC2CC21. The highest BCUT2D eigenvalue weighted by atomic mass is 32.2. The van der Waals surface area contributed by atoms with Gasteiger partial charge in [0.2, 0.25) is 0 Å². The van der Waals surface area contributed by atoms with Crippen LogP contribution in [0.15, 0.2) is 0 Å². The summed E-state index contributed by atoms with van der Waals surface area (Å²) in [5.74, 6) is 0.971. The van der Waals surface area contributed by atoms with E-state index in [4.69, 9.17) is 5.11 Å². The molecule has 2 nitrogen and oxygen atoms in total. The molecule has 68 valence electrons. The van der Waals surface area contributed by atoms with Gasteiger partial charge in [-0.1, -0.05) is 0 Å². The minimum atomic E-state index is -0.584. The lowest BCUT2D eigenvalue weighted by atomic mass is 9.89. The molecule has 2 aliphatic rings. The number of aliphatic carboxylic acids is 1. The van der Waals surface area contributed by atoms with Crippen LogP contribution in [-0.4, -0.2) is 22.6 Å². The van der Waals surface area contributed by atoms with Crippen molar-refractivity contribution in [3.05, 3.63) is 0 Å². The molecule has 2 saturated carbocycles. The maximum absolute atomic E-state index is 10.8. The van der Waals surface area contributed by atoms with Crippen LogP contribution in [0.1, 0.15) is 19.3 Å². The first kappa shape index (κ1) is 8.42. The maximum atomic E-state index is 10.8. The standard InChI is InChI=1S/C9H14O2S/c1-12-8-4-6(9(10)11)2-5-3-7(5)8/h5-8H,2-4H2,1H3,(H,10,11). The molecule has 0 aromatic rings. The fourth-order valence-electron chi connectivity index (χ4n) is 2.39. The van der Waals surface area contributed by atoms with Crippen LogP contribution >= 0.6 is 11.8 Å². The van der Waals surface area contributed by atoms with E-state index in [1.165, 1.54) is 6.42 Å². The van der Waals surface area contributed by atoms with Crippen LogP contribution in [0.5, 0.6) is 0 Å². The van der Waals surface area contributed by atoms with Gasteiger partial charge in [0.15, 0.2) is 0 Å². The Hall–Kier alpha value is -0.180. The summed E-state index contributed by atoms with van der Waals surface area (Å²) < 4.78 is 0. The predicted molar refractivity (Wildman–Crippen MR) is 49.3 cm³/mol. The highest BCUT2D eigenvalue weighted by Crippen LogP contribution is 2.54. The molecule has 4 atom stereocenters. The first-order valence-corrected chi connectivity index (χ1v) is 5.76. The highest BCUT2D eigenvalue weighted by molar-refractivity contribution is 7.99. The number of thioether (sulfide) groups is 1. The lowest BCUT2D eigenvalue weighted by Crippen LogP contribution is -2.25. The third-order valence-electron chi connectivity index (χ3n) is 3.21. The molecule has 4 unspecified atom stereocenters. The third-order valence-corrected chi connectivity index (χ3v) is 4.36. The van der Waals surface area contributed by atoms with Crippen molar-refractivity contribution in [2.75, 3.05) is 6.26 Å². The molecule has 12 heavy (non-hydrogen) atoms. The molecule has 0 aliphatic heterocycles. The third kappa shape index (κ3) is 1.35. The number of carboxylic acid groups (broad SMARTS) is 1. The van der Waals surface area contributed by atoms with Crippen molar-refractivity contribution in [3.8, 4) is 0 Å². The molecule has 0 heterocycles. The largest absolute Gasteiger partial charge is 0.481 e. The van der Waals surface area contributed by atoms with Crippen LogP contribution in [0.4, 0.5) is 0 Å². The Bertz CT molecular complexity index is 205. The second-order valence-electron chi connectivity index (χ2n) is 3.94. The zero-order valence-electron chi connectivity index (χ0n) is 7.19. The number of carboxylic acids is 1. The number of hydrogen-bond donors (Lipinski definition) is 1. The second-order valence-corrected chi connectivity index (χ2v) is 5.02. The molecule has 0 aromatic carbocycles. The van der Waals surface area contributed by atoms with Gasteiger partial charge in [-0.25, -0.2) is 0 Å². The van der Waals surface area contributed by atoms with Gasteiger partial charge in [-0.2, -0.15) is 11.8 Å². The van der Waals surface area contributed by atoms with Gasteiger partial charge in [0.05, 0.1) is 5.92 Å². The van der Waals surface area contributed by atoms with Gasteiger partial charge >= 0.3 is 5.97 Å². The summed E-state index contributed by atoms with van der Waals surface area (Å²) in [4.78, 5) is 10.8. The summed E-state index contributed by atoms with van der Waals surface area (Å²) >= 11 is 1.85. The molecule has 0 amide bonds. The average molecular weight is 186 g/mol. The highest BCUT2D eigenvalue weighted by Gasteiger charge is 2.49. The van der Waals surface area contributed by atoms with Crippen molar-refractivity contribution in [3.63, 3.8) is 0 Å². The molecule has 0 saturated heterocycles. The summed E-state index contributed by atoms with van der Waals surface area (Å²) in [7, 11) is 0. The molecule has 2 rings (SSSR count). The first-order valence-electron chi connectivity index (χ1n) is 4.48. The van der Waals surface area contributed by atoms with Gasteiger partial charge in [0.25, 0.3) is 0 Å². The van der Waals surface area contributed by atoms with Crippen LogP contribution in [0.3, 0.4) is 0 Å². The van der Waals surface area contributed by atoms with Crippen molar-refractivity contribution in [2.24, 2.45) is 17.8 Å². The van der Waals surface area contributed by atoms with Gasteiger partial charge in [0.1, 0.15) is 0 Å². The zero-order valence-corrected chi connectivity index (χ0v) is 8.01. The number of hydrogen-bond acceptors (Lipinski definition) is 2. The molecule has 2 aliphatic carbocycles. The normalized spacial score (nSPS) is 45.1. The van der Waals surface area contributed by atoms with Gasteiger partial charge in [0, 0.05) is 5.25 Å². The quantitative estimate of drug-likeness (QED) is 0.715. The Labute approximate surface area is 76.7 Å². The van der Waals surface area contributed by atoms with Crippen molar-refractivity contribution in [1.82, 2.24) is 0 Å². The second kappa shape index (κ2) is 2.95. The number of fused-ring (bicyclic) bond motifs is 1. The van der Waals surface area contributed by atoms with E-state index in [0.717, 1.165) is 24.7 Å². The summed E-state index contributed by atoms with van der Waals surface area (Å²) in [6, 6.07) is 0. The lowest BCUT2D eigenvalue weighted by Gasteiger charge is -2.24. The van der Waals surface area contributed by atoms with E-state index < -0.39 is 5.97 Å². The summed E-state index contributed by atoms with van der Waals surface area (Å²) in [5, 5.41) is 9.51. The van der Waals surface area contributed by atoms with Crippen LogP contribution in [0.2, 0.25) is 0 Å².